The van der Waals surface area contributed by atoms with Crippen LogP contribution in [0.3, 0.4) is 0 Å². The van der Waals surface area contributed by atoms with Gasteiger partial charge in [0.1, 0.15) is 67.1 Å². The summed E-state index contributed by atoms with van der Waals surface area (Å²) in [6, 6.07) is 0. The molecule has 0 radical (unpaired) electrons. The van der Waals surface area contributed by atoms with Crippen LogP contribution >= 0.6 is 0 Å². The van der Waals surface area contributed by atoms with Crippen molar-refractivity contribution in [1.82, 2.24) is 0 Å². The van der Waals surface area contributed by atoms with Crippen molar-refractivity contribution in [3.8, 4) is 0 Å². The molecule has 0 unspecified atom stereocenters. The summed E-state index contributed by atoms with van der Waals surface area (Å²) in [7, 11) is 0. The Kier molecular flexibility index (Phi) is 8.99. The molecular weight excluding hydrogens is 456 g/mol. The molecule has 0 aromatic heterocycles. The second kappa shape index (κ2) is 11.0. The number of aliphatic hydroxyl groups excluding tert-OH is 10. The van der Waals surface area contributed by atoms with Crippen LogP contribution in [0.5, 0.6) is 0 Å². The lowest BCUT2D eigenvalue weighted by atomic mass is 9.97. The van der Waals surface area contributed by atoms with Crippen molar-refractivity contribution < 1.29 is 74.7 Å². The van der Waals surface area contributed by atoms with Crippen molar-refractivity contribution in [2.45, 2.75) is 99.0 Å². The van der Waals surface area contributed by atoms with Gasteiger partial charge in [0.15, 0.2) is 18.9 Å². The van der Waals surface area contributed by atoms with Gasteiger partial charge in [-0.1, -0.05) is 0 Å². The first-order valence-corrected chi connectivity index (χ1v) is 10.4. The van der Waals surface area contributed by atoms with Crippen molar-refractivity contribution in [2.75, 3.05) is 13.2 Å². The summed E-state index contributed by atoms with van der Waals surface area (Å²) in [5.74, 6) is 0. The van der Waals surface area contributed by atoms with Gasteiger partial charge in [0.05, 0.1) is 19.3 Å². The van der Waals surface area contributed by atoms with E-state index in [1.165, 1.54) is 6.92 Å². The summed E-state index contributed by atoms with van der Waals surface area (Å²) in [5.41, 5.74) is 0. The Morgan fingerprint density at radius 1 is 0.606 bits per heavy atom. The molecule has 15 nitrogen and oxygen atoms in total. The van der Waals surface area contributed by atoms with Gasteiger partial charge in [0.25, 0.3) is 0 Å². The van der Waals surface area contributed by atoms with Crippen molar-refractivity contribution in [3.05, 3.63) is 0 Å². The van der Waals surface area contributed by atoms with Crippen molar-refractivity contribution >= 4 is 0 Å². The van der Waals surface area contributed by atoms with E-state index in [1.807, 2.05) is 0 Å². The zero-order chi connectivity index (χ0) is 24.6. The molecule has 3 aliphatic rings. The van der Waals surface area contributed by atoms with E-state index < -0.39 is 105 Å². The second-order valence-electron chi connectivity index (χ2n) is 8.36. The van der Waals surface area contributed by atoms with Crippen LogP contribution in [0.25, 0.3) is 0 Å². The maximum absolute atomic E-state index is 10.4. The van der Waals surface area contributed by atoms with E-state index in [4.69, 9.17) is 23.7 Å². The van der Waals surface area contributed by atoms with E-state index in [-0.39, 0.29) is 0 Å². The van der Waals surface area contributed by atoms with E-state index in [0.717, 1.165) is 0 Å². The molecule has 10 N–H and O–H groups in total. The summed E-state index contributed by atoms with van der Waals surface area (Å²) in [6.45, 7) is 0.142. The lowest BCUT2D eigenvalue weighted by Gasteiger charge is -2.46. The lowest BCUT2D eigenvalue weighted by Crippen LogP contribution is -2.64. The summed E-state index contributed by atoms with van der Waals surface area (Å²) in [5, 5.41) is 99.3. The maximum atomic E-state index is 10.4. The highest BCUT2D eigenvalue weighted by molar-refractivity contribution is 4.94. The van der Waals surface area contributed by atoms with Crippen LogP contribution in [0.15, 0.2) is 0 Å². The SMILES string of the molecule is C[C@@H]1O[C@@H](O[C@H]2[C@H](O)[C@@H](O)[C@H](O)O[C@@H]2CO[C@@H]2O[C@H](CO)[C@@H](O)[C@H](O)[C@H]2O)[C@H](O)[C@H](O)[C@H]1O. The van der Waals surface area contributed by atoms with E-state index in [2.05, 4.69) is 0 Å². The van der Waals surface area contributed by atoms with E-state index in [9.17, 15) is 51.1 Å². The molecular formula is C18H32O15. The molecule has 0 saturated carbocycles. The van der Waals surface area contributed by atoms with E-state index >= 15 is 0 Å². The predicted molar refractivity (Wildman–Crippen MR) is 99.8 cm³/mol. The first-order valence-electron chi connectivity index (χ1n) is 10.4. The van der Waals surface area contributed by atoms with Gasteiger partial charge in [-0.2, -0.15) is 0 Å². The highest BCUT2D eigenvalue weighted by Crippen LogP contribution is 2.30. The van der Waals surface area contributed by atoms with Crippen LogP contribution in [-0.4, -0.2) is 156 Å². The number of aliphatic hydroxyl groups is 10. The molecule has 3 saturated heterocycles. The molecule has 3 heterocycles. The third-order valence-electron chi connectivity index (χ3n) is 6.03. The van der Waals surface area contributed by atoms with Gasteiger partial charge in [0, 0.05) is 0 Å². The normalized spacial score (nSPS) is 53.7. The maximum Gasteiger partial charge on any atom is 0.187 e. The predicted octanol–water partition coefficient (Wildman–Crippen LogP) is -6.55. The Bertz CT molecular complexity index is 624. The largest absolute Gasteiger partial charge is 0.394 e. The van der Waals surface area contributed by atoms with Crippen LogP contribution in [-0.2, 0) is 23.7 Å². The fraction of sp³-hybridized carbons (Fsp3) is 1.00. The Hall–Kier alpha value is -0.600. The molecule has 3 fully saturated rings. The average Bonchev–Trinajstić information content (AvgIpc) is 2.79. The van der Waals surface area contributed by atoms with Crippen LogP contribution in [0.4, 0.5) is 0 Å². The third-order valence-corrected chi connectivity index (χ3v) is 6.03. The molecule has 0 amide bonds. The smallest absolute Gasteiger partial charge is 0.187 e. The van der Waals surface area contributed by atoms with Crippen molar-refractivity contribution in [1.29, 1.82) is 0 Å². The van der Waals surface area contributed by atoms with Crippen LogP contribution in [0.1, 0.15) is 6.92 Å². The lowest BCUT2D eigenvalue weighted by molar-refractivity contribution is -0.360. The Balaban J connectivity index is 1.70. The minimum absolute atomic E-state index is 0.572. The molecule has 0 aromatic rings. The van der Waals surface area contributed by atoms with Gasteiger partial charge in [-0.05, 0) is 6.92 Å². The third kappa shape index (κ3) is 5.48. The molecule has 0 bridgehead atoms. The van der Waals surface area contributed by atoms with Crippen LogP contribution < -0.4 is 0 Å². The molecule has 0 spiro atoms. The Labute approximate surface area is 187 Å². The summed E-state index contributed by atoms with van der Waals surface area (Å²) in [6.07, 6.45) is -23.5. The minimum atomic E-state index is -1.87. The van der Waals surface area contributed by atoms with Gasteiger partial charge in [-0.3, -0.25) is 0 Å². The second-order valence-corrected chi connectivity index (χ2v) is 8.36. The molecule has 3 aliphatic heterocycles. The standard InChI is InChI=1S/C18H32O15/c1-4-7(20)9(22)14(27)18(30-4)33-15-6(31-16(28)12(25)11(15)24)3-29-17-13(26)10(23)8(21)5(2-19)32-17/h4-28H,2-3H2,1H3/t4-,5+,6+,7-,8+,9+,10-,11+,12+,13+,14+,15+,16+,17+,18-/m0/s1. The zero-order valence-electron chi connectivity index (χ0n) is 17.6. The van der Waals surface area contributed by atoms with Crippen molar-refractivity contribution in [3.63, 3.8) is 0 Å². The molecule has 194 valence electrons. The van der Waals surface area contributed by atoms with Gasteiger partial charge in [0.2, 0.25) is 0 Å². The first-order chi connectivity index (χ1) is 15.5. The van der Waals surface area contributed by atoms with Gasteiger partial charge >= 0.3 is 0 Å². The average molecular weight is 488 g/mol. The zero-order valence-corrected chi connectivity index (χ0v) is 17.6. The molecule has 33 heavy (non-hydrogen) atoms. The number of ether oxygens (including phenoxy) is 5. The molecule has 0 aromatic carbocycles. The number of hydrogen-bond acceptors (Lipinski definition) is 15. The number of rotatable bonds is 6. The molecule has 15 atom stereocenters. The van der Waals surface area contributed by atoms with Crippen molar-refractivity contribution in [2.24, 2.45) is 0 Å². The van der Waals surface area contributed by atoms with Gasteiger partial charge in [-0.25, -0.2) is 0 Å². The van der Waals surface area contributed by atoms with E-state index in [1.54, 1.807) is 0 Å². The minimum Gasteiger partial charge on any atom is -0.394 e. The Morgan fingerprint density at radius 2 is 1.21 bits per heavy atom. The fourth-order valence-electron chi connectivity index (χ4n) is 3.90. The van der Waals surface area contributed by atoms with Gasteiger partial charge < -0.3 is 74.7 Å². The summed E-state index contributed by atoms with van der Waals surface area (Å²) < 4.78 is 26.6. The Morgan fingerprint density at radius 3 is 1.85 bits per heavy atom. The monoisotopic (exact) mass is 488 g/mol. The van der Waals surface area contributed by atoms with Crippen LogP contribution in [0.2, 0.25) is 0 Å². The quantitative estimate of drug-likeness (QED) is 0.167. The molecule has 15 heteroatoms. The van der Waals surface area contributed by atoms with Gasteiger partial charge in [-0.15, -0.1) is 0 Å². The first kappa shape index (κ1) is 27.0. The summed E-state index contributed by atoms with van der Waals surface area (Å²) in [4.78, 5) is 0. The van der Waals surface area contributed by atoms with E-state index in [0.29, 0.717) is 0 Å². The molecule has 3 rings (SSSR count). The molecule has 0 aliphatic carbocycles. The topological polar surface area (TPSA) is 248 Å². The van der Waals surface area contributed by atoms with Crippen LogP contribution in [0, 0.1) is 0 Å². The highest BCUT2D eigenvalue weighted by Gasteiger charge is 2.51. The summed E-state index contributed by atoms with van der Waals surface area (Å²) >= 11 is 0. The number of hydrogen-bond donors (Lipinski definition) is 10. The fourth-order valence-corrected chi connectivity index (χ4v) is 3.90. The highest BCUT2D eigenvalue weighted by atomic mass is 16.7.